The van der Waals surface area contributed by atoms with Crippen LogP contribution in [-0.2, 0) is 25.5 Å². The third kappa shape index (κ3) is 3.86. The average Bonchev–Trinajstić information content (AvgIpc) is 2.94. The van der Waals surface area contributed by atoms with E-state index in [-0.39, 0.29) is 12.5 Å². The summed E-state index contributed by atoms with van der Waals surface area (Å²) in [5.41, 5.74) is 1.55. The topological polar surface area (TPSA) is 65.1 Å². The van der Waals surface area contributed by atoms with Gasteiger partial charge in [0.1, 0.15) is 12.4 Å². The molecule has 28 heavy (non-hydrogen) atoms. The number of hydrogen-bond donors (Lipinski definition) is 0. The maximum atomic E-state index is 13.8. The number of rotatable bonds is 4. The predicted octanol–water partition coefficient (Wildman–Crippen LogP) is 3.40. The molecule has 0 amide bonds. The van der Waals surface area contributed by atoms with Crippen molar-refractivity contribution in [3.63, 3.8) is 0 Å². The van der Waals surface area contributed by atoms with Gasteiger partial charge in [0, 0.05) is 18.7 Å². The molecule has 2 aromatic carbocycles. The zero-order valence-electron chi connectivity index (χ0n) is 14.5. The van der Waals surface area contributed by atoms with Crippen molar-refractivity contribution in [3.8, 4) is 5.75 Å². The molecule has 2 saturated heterocycles. The molecule has 6 nitrogen and oxygen atoms in total. The van der Waals surface area contributed by atoms with E-state index in [9.17, 15) is 21.6 Å². The van der Waals surface area contributed by atoms with Crippen molar-refractivity contribution in [2.45, 2.75) is 31.6 Å². The van der Waals surface area contributed by atoms with E-state index in [0.29, 0.717) is 37.1 Å². The molecule has 0 aromatic heterocycles. The van der Waals surface area contributed by atoms with Crippen molar-refractivity contribution in [1.82, 2.24) is 5.06 Å². The van der Waals surface area contributed by atoms with Crippen LogP contribution in [0.2, 0.25) is 0 Å². The van der Waals surface area contributed by atoms with Crippen LogP contribution in [0.5, 0.6) is 5.75 Å². The molecule has 4 rings (SSSR count). The molecule has 2 heterocycles. The van der Waals surface area contributed by atoms with Gasteiger partial charge in [-0.05, 0) is 29.9 Å². The molecule has 0 aliphatic carbocycles. The van der Waals surface area contributed by atoms with Crippen molar-refractivity contribution in [2.24, 2.45) is 0 Å². The van der Waals surface area contributed by atoms with Crippen LogP contribution in [0.4, 0.5) is 13.2 Å². The van der Waals surface area contributed by atoms with Gasteiger partial charge in [0.15, 0.2) is 23.6 Å². The van der Waals surface area contributed by atoms with Crippen molar-refractivity contribution in [2.75, 3.05) is 6.54 Å². The van der Waals surface area contributed by atoms with E-state index in [1.807, 2.05) is 12.1 Å². The van der Waals surface area contributed by atoms with Crippen LogP contribution >= 0.6 is 0 Å². The number of fused-ring (bicyclic) bond motifs is 1. The van der Waals surface area contributed by atoms with Crippen LogP contribution in [0, 0.1) is 17.5 Å². The van der Waals surface area contributed by atoms with Gasteiger partial charge >= 0.3 is 10.4 Å². The second kappa shape index (κ2) is 7.36. The summed E-state index contributed by atoms with van der Waals surface area (Å²) in [6.45, 7) is 0.223. The fourth-order valence-electron chi connectivity index (χ4n) is 3.51. The summed E-state index contributed by atoms with van der Waals surface area (Å²) in [4.78, 5) is 0. The average molecular weight is 415 g/mol. The van der Waals surface area contributed by atoms with E-state index >= 15 is 0 Å². The Labute approximate surface area is 159 Å². The number of hydrogen-bond acceptors (Lipinski definition) is 6. The van der Waals surface area contributed by atoms with Crippen molar-refractivity contribution in [1.29, 1.82) is 0 Å². The monoisotopic (exact) mass is 415 g/mol. The Morgan fingerprint density at radius 3 is 2.61 bits per heavy atom. The molecule has 2 atom stereocenters. The molecule has 0 N–H and O–H groups in total. The van der Waals surface area contributed by atoms with Crippen LogP contribution in [0.15, 0.2) is 36.4 Å². The molecule has 0 spiro atoms. The maximum Gasteiger partial charge on any atom is 0.418 e. The quantitative estimate of drug-likeness (QED) is 0.763. The lowest BCUT2D eigenvalue weighted by molar-refractivity contribution is -0.119. The zero-order valence-corrected chi connectivity index (χ0v) is 15.3. The van der Waals surface area contributed by atoms with Gasteiger partial charge in [-0.2, -0.15) is 12.7 Å². The molecule has 2 aromatic rings. The van der Waals surface area contributed by atoms with Crippen LogP contribution in [0.25, 0.3) is 0 Å². The summed E-state index contributed by atoms with van der Waals surface area (Å²) in [6, 6.07) is 8.28. The molecular weight excluding hydrogens is 399 g/mol. The Hall–Kier alpha value is -2.14. The summed E-state index contributed by atoms with van der Waals surface area (Å²) in [5.74, 6) is -3.97. The largest absolute Gasteiger partial charge is 0.483 e. The molecule has 2 fully saturated rings. The fourth-order valence-corrected chi connectivity index (χ4v) is 4.40. The minimum Gasteiger partial charge on any atom is -0.483 e. The SMILES string of the molecule is O=S1(=O)OC2CC(c3ccccc3COc3c(F)cc(F)cc3F)CCN2O1. The van der Waals surface area contributed by atoms with Gasteiger partial charge in [0.25, 0.3) is 0 Å². The van der Waals surface area contributed by atoms with E-state index in [2.05, 4.69) is 0 Å². The van der Waals surface area contributed by atoms with Crippen LogP contribution in [0.3, 0.4) is 0 Å². The van der Waals surface area contributed by atoms with E-state index in [4.69, 9.17) is 13.2 Å². The third-order valence-corrected chi connectivity index (χ3v) is 5.58. The Balaban J connectivity index is 1.52. The smallest absolute Gasteiger partial charge is 0.418 e. The molecule has 10 heteroatoms. The first-order chi connectivity index (χ1) is 13.3. The molecule has 0 bridgehead atoms. The Morgan fingerprint density at radius 1 is 1.14 bits per heavy atom. The van der Waals surface area contributed by atoms with Crippen LogP contribution in [-0.4, -0.2) is 26.3 Å². The zero-order chi connectivity index (χ0) is 19.9. The van der Waals surface area contributed by atoms with E-state index in [1.54, 1.807) is 12.1 Å². The number of ether oxygens (including phenoxy) is 1. The number of benzene rings is 2. The molecule has 0 radical (unpaired) electrons. The summed E-state index contributed by atoms with van der Waals surface area (Å²) in [6.07, 6.45) is 0.256. The minimum atomic E-state index is -4.02. The first kappa shape index (κ1) is 19.2. The molecule has 2 aliphatic heterocycles. The van der Waals surface area contributed by atoms with Gasteiger partial charge in [-0.15, -0.1) is 5.06 Å². The highest BCUT2D eigenvalue weighted by molar-refractivity contribution is 7.82. The summed E-state index contributed by atoms with van der Waals surface area (Å²) >= 11 is 0. The highest BCUT2D eigenvalue weighted by atomic mass is 32.3. The summed E-state index contributed by atoms with van der Waals surface area (Å²) in [5, 5.41) is 1.29. The highest BCUT2D eigenvalue weighted by Gasteiger charge is 2.43. The number of halogens is 3. The predicted molar refractivity (Wildman–Crippen MR) is 90.6 cm³/mol. The van der Waals surface area contributed by atoms with Crippen molar-refractivity contribution >= 4 is 10.4 Å². The fraction of sp³-hybridized carbons (Fsp3) is 0.333. The third-order valence-electron chi connectivity index (χ3n) is 4.75. The first-order valence-electron chi connectivity index (χ1n) is 8.57. The lowest BCUT2D eigenvalue weighted by Gasteiger charge is -2.31. The van der Waals surface area contributed by atoms with Crippen molar-refractivity contribution in [3.05, 3.63) is 65.0 Å². The lowest BCUT2D eigenvalue weighted by atomic mass is 9.86. The van der Waals surface area contributed by atoms with E-state index in [0.717, 1.165) is 5.56 Å². The second-order valence-electron chi connectivity index (χ2n) is 6.58. The standard InChI is InChI=1S/C18H16F3NO5S/c19-13-8-15(20)18(16(21)9-13)25-10-12-3-1-2-4-14(12)11-5-6-22-17(7-11)26-28(23,24)27-22/h1-4,8-9,11,17H,5-7,10H2. The van der Waals surface area contributed by atoms with Crippen LogP contribution in [0.1, 0.15) is 29.9 Å². The molecule has 2 aliphatic rings. The molecular formula is C18H16F3NO5S. The van der Waals surface area contributed by atoms with Crippen molar-refractivity contribution < 1.29 is 34.8 Å². The first-order valence-corrected chi connectivity index (χ1v) is 9.90. The normalized spacial score (nSPS) is 24.1. The molecule has 2 unspecified atom stereocenters. The lowest BCUT2D eigenvalue weighted by Crippen LogP contribution is -2.37. The molecule has 0 saturated carbocycles. The molecule has 150 valence electrons. The summed E-state index contributed by atoms with van der Waals surface area (Å²) in [7, 11) is -4.02. The Morgan fingerprint density at radius 2 is 1.86 bits per heavy atom. The van der Waals surface area contributed by atoms with Gasteiger partial charge in [-0.3, -0.25) is 0 Å². The van der Waals surface area contributed by atoms with Gasteiger partial charge in [0.2, 0.25) is 0 Å². The highest BCUT2D eigenvalue weighted by Crippen LogP contribution is 2.38. The van der Waals surface area contributed by atoms with Gasteiger partial charge in [0.05, 0.1) is 0 Å². The number of hydroxylamine groups is 2. The van der Waals surface area contributed by atoms with E-state index in [1.165, 1.54) is 5.06 Å². The Kier molecular flexibility index (Phi) is 5.04. The summed E-state index contributed by atoms with van der Waals surface area (Å²) < 4.78 is 78.5. The number of nitrogens with zero attached hydrogens (tertiary/aromatic N) is 1. The van der Waals surface area contributed by atoms with Crippen LogP contribution < -0.4 is 4.74 Å². The van der Waals surface area contributed by atoms with Gasteiger partial charge < -0.3 is 4.74 Å². The van der Waals surface area contributed by atoms with E-state index < -0.39 is 39.8 Å². The van der Waals surface area contributed by atoms with Gasteiger partial charge in [-0.25, -0.2) is 17.4 Å². The Bertz CT molecular complexity index is 977. The minimum absolute atomic E-state index is 0.0548. The number of piperidine rings is 1. The second-order valence-corrected chi connectivity index (χ2v) is 7.74. The van der Waals surface area contributed by atoms with Gasteiger partial charge in [-0.1, -0.05) is 24.3 Å². The maximum absolute atomic E-state index is 13.8.